The number of halogens is 1. The number of anilines is 1. The minimum atomic E-state index is 0.242. The van der Waals surface area contributed by atoms with Crippen molar-refractivity contribution in [1.82, 2.24) is 9.88 Å². The number of pyridine rings is 1. The van der Waals surface area contributed by atoms with Gasteiger partial charge in [-0.05, 0) is 54.2 Å². The monoisotopic (exact) mass is 441 g/mol. The Morgan fingerprint density at radius 1 is 1.13 bits per heavy atom. The third-order valence-corrected chi connectivity index (χ3v) is 5.27. The Bertz CT molecular complexity index is 1050. The van der Waals surface area contributed by atoms with E-state index in [2.05, 4.69) is 10.3 Å². The molecule has 1 aromatic heterocycles. The molecule has 0 amide bonds. The molecule has 2 aromatic carbocycles. The Morgan fingerprint density at radius 2 is 2.00 bits per heavy atom. The van der Waals surface area contributed by atoms with E-state index in [1.54, 1.807) is 19.4 Å². The molecule has 0 fully saturated rings. The zero-order valence-electron chi connectivity index (χ0n) is 16.3. The molecule has 0 spiro atoms. The average Bonchev–Trinajstić information content (AvgIpc) is 3.23. The molecule has 0 bridgehead atoms. The lowest BCUT2D eigenvalue weighted by molar-refractivity contribution is 0.174. The smallest absolute Gasteiger partial charge is 0.231 e. The molecule has 0 radical (unpaired) electrons. The number of hydrogen-bond donors (Lipinski definition) is 1. The third-order valence-electron chi connectivity index (χ3n) is 4.59. The molecule has 2 heterocycles. The first-order valence-corrected chi connectivity index (χ1v) is 10.1. The van der Waals surface area contributed by atoms with Crippen LogP contribution in [0.1, 0.15) is 11.3 Å². The lowest BCUT2D eigenvalue weighted by Crippen LogP contribution is -2.34. The lowest BCUT2D eigenvalue weighted by Gasteiger charge is -2.26. The summed E-state index contributed by atoms with van der Waals surface area (Å²) in [7, 11) is 1.60. The standard InChI is InChI=1S/C22H20ClN3O3S/c1-27-17-6-7-19(18(23)11-17)25-22(30)26(13-16-4-2-3-9-24-16)12-15-5-8-20-21(10-15)29-14-28-20/h2-11H,12-14H2,1H3,(H,25,30). The number of rotatable bonds is 6. The number of fused-ring (bicyclic) bond motifs is 1. The fourth-order valence-electron chi connectivity index (χ4n) is 3.06. The van der Waals surface area contributed by atoms with E-state index in [1.807, 2.05) is 53.4 Å². The van der Waals surface area contributed by atoms with Gasteiger partial charge in [-0.1, -0.05) is 23.7 Å². The predicted molar refractivity (Wildman–Crippen MR) is 120 cm³/mol. The number of thiocarbonyl (C=S) groups is 1. The highest BCUT2D eigenvalue weighted by molar-refractivity contribution is 7.80. The molecule has 3 aromatic rings. The Labute approximate surface area is 185 Å². The largest absolute Gasteiger partial charge is 0.497 e. The summed E-state index contributed by atoms with van der Waals surface area (Å²) in [6, 6.07) is 17.1. The first kappa shape index (κ1) is 20.3. The van der Waals surface area contributed by atoms with Crippen molar-refractivity contribution in [3.05, 3.63) is 77.1 Å². The maximum atomic E-state index is 6.38. The number of hydrogen-bond acceptors (Lipinski definition) is 5. The van der Waals surface area contributed by atoms with Crippen molar-refractivity contribution < 1.29 is 14.2 Å². The molecule has 8 heteroatoms. The number of aromatic nitrogens is 1. The summed E-state index contributed by atoms with van der Waals surface area (Å²) in [5, 5.41) is 4.30. The highest BCUT2D eigenvalue weighted by Gasteiger charge is 2.17. The van der Waals surface area contributed by atoms with E-state index in [-0.39, 0.29) is 6.79 Å². The molecule has 0 saturated carbocycles. The van der Waals surface area contributed by atoms with Crippen molar-refractivity contribution in [3.8, 4) is 17.2 Å². The second kappa shape index (κ2) is 9.19. The van der Waals surface area contributed by atoms with Crippen molar-refractivity contribution in [1.29, 1.82) is 0 Å². The van der Waals surface area contributed by atoms with Crippen molar-refractivity contribution in [3.63, 3.8) is 0 Å². The van der Waals surface area contributed by atoms with Gasteiger partial charge in [-0.15, -0.1) is 0 Å². The molecule has 30 heavy (non-hydrogen) atoms. The van der Waals surface area contributed by atoms with Gasteiger partial charge in [0.25, 0.3) is 0 Å². The van der Waals surface area contributed by atoms with Gasteiger partial charge < -0.3 is 24.4 Å². The summed E-state index contributed by atoms with van der Waals surface area (Å²) < 4.78 is 16.1. The van der Waals surface area contributed by atoms with E-state index in [0.717, 1.165) is 22.8 Å². The first-order valence-electron chi connectivity index (χ1n) is 9.30. The van der Waals surface area contributed by atoms with Gasteiger partial charge in [-0.2, -0.15) is 0 Å². The molecule has 4 rings (SSSR count). The molecular formula is C22H20ClN3O3S. The second-order valence-electron chi connectivity index (χ2n) is 6.64. The van der Waals surface area contributed by atoms with E-state index in [0.29, 0.717) is 34.7 Å². The van der Waals surface area contributed by atoms with E-state index < -0.39 is 0 Å². The number of nitrogens with one attached hydrogen (secondary N) is 1. The molecule has 1 N–H and O–H groups in total. The highest BCUT2D eigenvalue weighted by atomic mass is 35.5. The number of benzene rings is 2. The van der Waals surface area contributed by atoms with Gasteiger partial charge in [-0.25, -0.2) is 0 Å². The van der Waals surface area contributed by atoms with Gasteiger partial charge in [0, 0.05) is 18.8 Å². The van der Waals surface area contributed by atoms with Crippen LogP contribution in [-0.2, 0) is 13.1 Å². The van der Waals surface area contributed by atoms with E-state index in [1.165, 1.54) is 0 Å². The minimum Gasteiger partial charge on any atom is -0.497 e. The summed E-state index contributed by atoms with van der Waals surface area (Å²) in [5.41, 5.74) is 2.66. The molecule has 0 atom stereocenters. The Kier molecular flexibility index (Phi) is 6.21. The van der Waals surface area contributed by atoms with Crippen molar-refractivity contribution in [2.45, 2.75) is 13.1 Å². The van der Waals surface area contributed by atoms with Gasteiger partial charge in [-0.3, -0.25) is 4.98 Å². The summed E-state index contributed by atoms with van der Waals surface area (Å²) in [5.74, 6) is 2.17. The Morgan fingerprint density at radius 3 is 2.77 bits per heavy atom. The molecule has 1 aliphatic heterocycles. The van der Waals surface area contributed by atoms with Crippen molar-refractivity contribution >= 4 is 34.6 Å². The summed E-state index contributed by atoms with van der Waals surface area (Å²) in [4.78, 5) is 6.45. The molecule has 6 nitrogen and oxygen atoms in total. The summed E-state index contributed by atoms with van der Waals surface area (Å²) in [6.45, 7) is 1.34. The van der Waals surface area contributed by atoms with E-state index in [9.17, 15) is 0 Å². The van der Waals surface area contributed by atoms with Crippen LogP contribution in [0.2, 0.25) is 5.02 Å². The van der Waals surface area contributed by atoms with Crippen molar-refractivity contribution in [2.24, 2.45) is 0 Å². The maximum Gasteiger partial charge on any atom is 0.231 e. The molecule has 0 saturated heterocycles. The zero-order chi connectivity index (χ0) is 20.9. The lowest BCUT2D eigenvalue weighted by atomic mass is 10.2. The first-order chi connectivity index (χ1) is 14.6. The fraction of sp³-hybridized carbons (Fsp3) is 0.182. The van der Waals surface area contributed by atoms with Gasteiger partial charge in [0.2, 0.25) is 6.79 Å². The molecule has 1 aliphatic rings. The number of nitrogens with zero attached hydrogens (tertiary/aromatic N) is 2. The SMILES string of the molecule is COc1ccc(NC(=S)N(Cc2ccc3c(c2)OCO3)Cc2ccccn2)c(Cl)c1. The topological polar surface area (TPSA) is 55.9 Å². The van der Waals surface area contributed by atoms with E-state index >= 15 is 0 Å². The van der Waals surface area contributed by atoms with Crippen LogP contribution in [0.5, 0.6) is 17.2 Å². The summed E-state index contributed by atoms with van der Waals surface area (Å²) >= 11 is 12.1. The van der Waals surface area contributed by atoms with Crippen LogP contribution >= 0.6 is 23.8 Å². The normalized spacial score (nSPS) is 11.8. The molecule has 154 valence electrons. The van der Waals surface area contributed by atoms with E-state index in [4.69, 9.17) is 38.0 Å². The Hall–Kier alpha value is -3.03. The fourth-order valence-corrected chi connectivity index (χ4v) is 3.52. The Balaban J connectivity index is 1.55. The molecule has 0 aliphatic carbocycles. The van der Waals surface area contributed by atoms with Crippen LogP contribution in [0.3, 0.4) is 0 Å². The van der Waals surface area contributed by atoms with Crippen LogP contribution in [0.4, 0.5) is 5.69 Å². The van der Waals surface area contributed by atoms with Gasteiger partial charge >= 0.3 is 0 Å². The van der Waals surface area contributed by atoms with Gasteiger partial charge in [0.05, 0.1) is 30.1 Å². The molecular weight excluding hydrogens is 422 g/mol. The average molecular weight is 442 g/mol. The highest BCUT2D eigenvalue weighted by Crippen LogP contribution is 2.33. The molecule has 0 unspecified atom stereocenters. The van der Waals surface area contributed by atoms with Crippen molar-refractivity contribution in [2.75, 3.05) is 19.2 Å². The minimum absolute atomic E-state index is 0.242. The van der Waals surface area contributed by atoms with Gasteiger partial charge in [0.15, 0.2) is 16.6 Å². The van der Waals surface area contributed by atoms with Crippen LogP contribution in [0, 0.1) is 0 Å². The van der Waals surface area contributed by atoms with Crippen LogP contribution in [-0.4, -0.2) is 28.9 Å². The summed E-state index contributed by atoms with van der Waals surface area (Å²) in [6.07, 6.45) is 1.77. The van der Waals surface area contributed by atoms with Crippen LogP contribution < -0.4 is 19.5 Å². The van der Waals surface area contributed by atoms with Crippen LogP contribution in [0.15, 0.2) is 60.8 Å². The van der Waals surface area contributed by atoms with Gasteiger partial charge in [0.1, 0.15) is 5.75 Å². The number of ether oxygens (including phenoxy) is 3. The second-order valence-corrected chi connectivity index (χ2v) is 7.43. The number of methoxy groups -OCH3 is 1. The predicted octanol–water partition coefficient (Wildman–Crippen LogP) is 4.87. The third kappa shape index (κ3) is 4.75. The maximum absolute atomic E-state index is 6.38. The quantitative estimate of drug-likeness (QED) is 0.547. The zero-order valence-corrected chi connectivity index (χ0v) is 17.9. The van der Waals surface area contributed by atoms with Crippen LogP contribution in [0.25, 0.3) is 0 Å².